The quantitative estimate of drug-likeness (QED) is 0.872. The third-order valence-corrected chi connectivity index (χ3v) is 5.01. The lowest BCUT2D eigenvalue weighted by molar-refractivity contribution is 0.247. The van der Waals surface area contributed by atoms with Crippen molar-refractivity contribution < 1.29 is 12.8 Å². The maximum Gasteiger partial charge on any atom is 0.243 e. The lowest BCUT2D eigenvalue weighted by Crippen LogP contribution is -2.50. The Kier molecular flexibility index (Phi) is 3.44. The molecule has 0 radical (unpaired) electrons. The molecule has 0 amide bonds. The average Bonchev–Trinajstić information content (AvgIpc) is 2.27. The van der Waals surface area contributed by atoms with Crippen LogP contribution in [-0.4, -0.2) is 14.0 Å². The smallest absolute Gasteiger partial charge is 0.243 e. The predicted molar refractivity (Wildman–Crippen MR) is 66.9 cm³/mol. The Labute approximate surface area is 106 Å². The molecule has 0 unspecified atom stereocenters. The summed E-state index contributed by atoms with van der Waals surface area (Å²) >= 11 is 0. The van der Waals surface area contributed by atoms with Crippen LogP contribution in [-0.2, 0) is 16.6 Å². The lowest BCUT2D eigenvalue weighted by atomic mass is 9.80. The molecule has 0 aromatic heterocycles. The van der Waals surface area contributed by atoms with Gasteiger partial charge in [-0.2, -0.15) is 0 Å². The number of hydrogen-bond acceptors (Lipinski definition) is 3. The van der Waals surface area contributed by atoms with E-state index in [2.05, 4.69) is 4.72 Å². The summed E-state index contributed by atoms with van der Waals surface area (Å²) in [4.78, 5) is -0.321. The van der Waals surface area contributed by atoms with Crippen LogP contribution in [0.2, 0.25) is 0 Å². The maximum atomic E-state index is 13.6. The molecule has 3 N–H and O–H groups in total. The zero-order valence-electron chi connectivity index (χ0n) is 10.2. The molecule has 0 saturated heterocycles. The van der Waals surface area contributed by atoms with E-state index in [1.54, 1.807) is 0 Å². The summed E-state index contributed by atoms with van der Waals surface area (Å²) in [7, 11) is -3.82. The van der Waals surface area contributed by atoms with Crippen LogP contribution in [0, 0.1) is 5.82 Å². The molecule has 6 heteroatoms. The van der Waals surface area contributed by atoms with Gasteiger partial charge < -0.3 is 5.73 Å². The van der Waals surface area contributed by atoms with Crippen LogP contribution in [0.15, 0.2) is 23.1 Å². The molecule has 4 nitrogen and oxygen atoms in total. The minimum atomic E-state index is -3.82. The monoisotopic (exact) mass is 272 g/mol. The predicted octanol–water partition coefficient (Wildman–Crippen LogP) is 1.51. The number of nitrogens with one attached hydrogen (secondary N) is 1. The normalized spacial score (nSPS) is 18.4. The Hall–Kier alpha value is -0.980. The molecule has 0 bridgehead atoms. The largest absolute Gasteiger partial charge is 0.326 e. The van der Waals surface area contributed by atoms with Crippen molar-refractivity contribution in [1.29, 1.82) is 0 Å². The van der Waals surface area contributed by atoms with E-state index < -0.39 is 21.4 Å². The molecule has 1 aliphatic carbocycles. The first-order valence-corrected chi connectivity index (χ1v) is 7.37. The fraction of sp³-hybridized carbons (Fsp3) is 0.500. The van der Waals surface area contributed by atoms with Crippen LogP contribution in [0.4, 0.5) is 4.39 Å². The van der Waals surface area contributed by atoms with Gasteiger partial charge in [0.15, 0.2) is 0 Å². The van der Waals surface area contributed by atoms with E-state index in [1.165, 1.54) is 12.1 Å². The van der Waals surface area contributed by atoms with Crippen molar-refractivity contribution in [2.75, 3.05) is 0 Å². The summed E-state index contributed by atoms with van der Waals surface area (Å²) in [5, 5.41) is 0. The summed E-state index contributed by atoms with van der Waals surface area (Å²) in [6.45, 7) is 2.01. The van der Waals surface area contributed by atoms with Gasteiger partial charge in [-0.1, -0.05) is 6.07 Å². The number of halogens is 1. The van der Waals surface area contributed by atoms with E-state index >= 15 is 0 Å². The van der Waals surface area contributed by atoms with Crippen molar-refractivity contribution in [1.82, 2.24) is 4.72 Å². The van der Waals surface area contributed by atoms with E-state index in [4.69, 9.17) is 5.73 Å². The molecule has 1 aliphatic rings. The van der Waals surface area contributed by atoms with Crippen LogP contribution in [0.1, 0.15) is 31.7 Å². The molecular weight excluding hydrogens is 255 g/mol. The van der Waals surface area contributed by atoms with Gasteiger partial charge in [0.2, 0.25) is 10.0 Å². The molecule has 1 aromatic carbocycles. The van der Waals surface area contributed by atoms with E-state index in [-0.39, 0.29) is 11.4 Å². The second-order valence-corrected chi connectivity index (χ2v) is 6.64. The van der Waals surface area contributed by atoms with Crippen molar-refractivity contribution >= 4 is 10.0 Å². The van der Waals surface area contributed by atoms with Gasteiger partial charge in [-0.25, -0.2) is 17.5 Å². The molecule has 0 heterocycles. The van der Waals surface area contributed by atoms with Crippen molar-refractivity contribution in [2.24, 2.45) is 5.73 Å². The third kappa shape index (κ3) is 2.55. The highest BCUT2D eigenvalue weighted by Crippen LogP contribution is 2.33. The van der Waals surface area contributed by atoms with Crippen LogP contribution in [0.5, 0.6) is 0 Å². The number of nitrogens with two attached hydrogens (primary N) is 1. The molecule has 2 rings (SSSR count). The number of rotatable bonds is 4. The second-order valence-electron chi connectivity index (χ2n) is 4.99. The van der Waals surface area contributed by atoms with Crippen molar-refractivity contribution in [2.45, 2.75) is 43.2 Å². The van der Waals surface area contributed by atoms with Crippen molar-refractivity contribution in [3.8, 4) is 0 Å². The molecule has 0 atom stereocenters. The topological polar surface area (TPSA) is 72.2 Å². The minimum Gasteiger partial charge on any atom is -0.326 e. The lowest BCUT2D eigenvalue weighted by Gasteiger charge is -2.38. The first-order valence-electron chi connectivity index (χ1n) is 5.89. The summed E-state index contributed by atoms with van der Waals surface area (Å²) in [5.74, 6) is -0.748. The Morgan fingerprint density at radius 3 is 2.61 bits per heavy atom. The number of hydrogen-bond donors (Lipinski definition) is 2. The zero-order chi connectivity index (χ0) is 13.4. The number of sulfonamides is 1. The minimum absolute atomic E-state index is 0.181. The number of benzene rings is 1. The van der Waals surface area contributed by atoms with Crippen LogP contribution in [0.25, 0.3) is 0 Å². The second kappa shape index (κ2) is 4.60. The zero-order valence-corrected chi connectivity index (χ0v) is 11.1. The van der Waals surface area contributed by atoms with E-state index in [0.29, 0.717) is 5.56 Å². The van der Waals surface area contributed by atoms with E-state index in [1.807, 2.05) is 6.92 Å². The highest BCUT2D eigenvalue weighted by Gasteiger charge is 2.37. The highest BCUT2D eigenvalue weighted by atomic mass is 32.2. The molecular formula is C12H17FN2O2S. The van der Waals surface area contributed by atoms with E-state index in [0.717, 1.165) is 25.3 Å². The van der Waals surface area contributed by atoms with Gasteiger partial charge in [0, 0.05) is 12.1 Å². The van der Waals surface area contributed by atoms with Gasteiger partial charge >= 0.3 is 0 Å². The molecule has 1 aromatic rings. The van der Waals surface area contributed by atoms with Gasteiger partial charge in [0.25, 0.3) is 0 Å². The molecule has 0 aliphatic heterocycles. The summed E-state index contributed by atoms with van der Waals surface area (Å²) in [6.07, 6.45) is 2.55. The SMILES string of the molecule is CC1(NS(=O)(=O)c2cc(CN)ccc2F)CCC1. The van der Waals surface area contributed by atoms with Gasteiger partial charge in [0.05, 0.1) is 0 Å². The Bertz CT molecular complexity index is 553. The summed E-state index contributed by atoms with van der Waals surface area (Å²) in [5.41, 5.74) is 5.59. The van der Waals surface area contributed by atoms with Gasteiger partial charge in [-0.05, 0) is 43.9 Å². The van der Waals surface area contributed by atoms with Crippen LogP contribution >= 0.6 is 0 Å². The van der Waals surface area contributed by atoms with Gasteiger partial charge in [0.1, 0.15) is 10.7 Å². The molecule has 1 saturated carbocycles. The van der Waals surface area contributed by atoms with Crippen LogP contribution < -0.4 is 10.5 Å². The Morgan fingerprint density at radius 1 is 1.44 bits per heavy atom. The summed E-state index contributed by atoms with van der Waals surface area (Å²) < 4.78 is 40.5. The van der Waals surface area contributed by atoms with Crippen molar-refractivity contribution in [3.05, 3.63) is 29.6 Å². The fourth-order valence-corrected chi connectivity index (χ4v) is 3.66. The van der Waals surface area contributed by atoms with Gasteiger partial charge in [-0.3, -0.25) is 0 Å². The maximum absolute atomic E-state index is 13.6. The molecule has 0 spiro atoms. The molecule has 1 fully saturated rings. The van der Waals surface area contributed by atoms with Crippen molar-refractivity contribution in [3.63, 3.8) is 0 Å². The standard InChI is InChI=1S/C12H17FN2O2S/c1-12(5-2-6-12)15-18(16,17)11-7-9(8-14)3-4-10(11)13/h3-4,7,15H,2,5-6,8,14H2,1H3. The fourth-order valence-electron chi connectivity index (χ4n) is 2.07. The van der Waals surface area contributed by atoms with Crippen LogP contribution in [0.3, 0.4) is 0 Å². The van der Waals surface area contributed by atoms with Gasteiger partial charge in [-0.15, -0.1) is 0 Å². The first-order chi connectivity index (χ1) is 8.36. The average molecular weight is 272 g/mol. The Balaban J connectivity index is 2.34. The summed E-state index contributed by atoms with van der Waals surface area (Å²) in [6, 6.07) is 3.92. The molecule has 18 heavy (non-hydrogen) atoms. The first kappa shape index (κ1) is 13.5. The molecule has 100 valence electrons. The third-order valence-electron chi connectivity index (χ3n) is 3.36. The van der Waals surface area contributed by atoms with E-state index in [9.17, 15) is 12.8 Å². The highest BCUT2D eigenvalue weighted by molar-refractivity contribution is 7.89. The Morgan fingerprint density at radius 2 is 2.11 bits per heavy atom.